The van der Waals surface area contributed by atoms with E-state index in [-0.39, 0.29) is 98.2 Å². The number of nitrogens with zero attached hydrogens (tertiary/aromatic N) is 1. The van der Waals surface area contributed by atoms with E-state index < -0.39 is 0 Å². The molecule has 0 aliphatic rings. The van der Waals surface area contributed by atoms with E-state index >= 15 is 0 Å². The first-order valence-electron chi connectivity index (χ1n) is 3.99. The summed E-state index contributed by atoms with van der Waals surface area (Å²) >= 11 is 0. The van der Waals surface area contributed by atoms with Crippen molar-refractivity contribution in [2.75, 3.05) is 20.1 Å². The van der Waals surface area contributed by atoms with Gasteiger partial charge in [0.2, 0.25) is 0 Å². The molecule has 0 bridgehead atoms. The summed E-state index contributed by atoms with van der Waals surface area (Å²) in [5, 5.41) is 0. The lowest BCUT2D eigenvalue weighted by molar-refractivity contribution is 0.343. The largest absolute Gasteiger partial charge is 0.307 e. The fraction of sp³-hybridized carbons (Fsp3) is 1.00. The molecule has 0 unspecified atom stereocenters. The molecule has 0 radical (unpaired) electrons. The molecule has 0 aliphatic heterocycles. The van der Waals surface area contributed by atoms with Crippen molar-refractivity contribution in [1.82, 2.24) is 4.90 Å². The van der Waals surface area contributed by atoms with Gasteiger partial charge in [0.15, 0.2) is 0 Å². The van der Waals surface area contributed by atoms with Crippen LogP contribution in [0, 0.1) is 0 Å². The van der Waals surface area contributed by atoms with Gasteiger partial charge in [-0.1, -0.05) is 101 Å². The van der Waals surface area contributed by atoms with Crippen LogP contribution in [-0.2, 0) is 0 Å². The van der Waals surface area contributed by atoms with E-state index in [0.717, 1.165) is 0 Å². The molecule has 0 spiro atoms. The Labute approximate surface area is 156 Å². The standard InChI is InChI=1S/C8H19N.10CH4.HI/c1-4-6-7-8-9(3)5-2;;;;;;;;;;;/h4-8H2,1-3H3;10*1H4;1H. The molecule has 1 nitrogen and oxygen atoms in total. The van der Waals surface area contributed by atoms with Crippen LogP contribution in [0.25, 0.3) is 0 Å². The first-order chi connectivity index (χ1) is 4.31. The molecule has 0 heterocycles. The van der Waals surface area contributed by atoms with E-state index in [0.29, 0.717) is 0 Å². The number of halogens is 1. The Balaban J connectivity index is -0.00000000582. The predicted octanol–water partition coefficient (Wildman–Crippen LogP) is 9.11. The highest BCUT2D eigenvalue weighted by atomic mass is 127. The lowest BCUT2D eigenvalue weighted by atomic mass is 10.2. The lowest BCUT2D eigenvalue weighted by Gasteiger charge is -2.12. The molecule has 0 aromatic carbocycles. The van der Waals surface area contributed by atoms with Gasteiger partial charge in [-0.25, -0.2) is 0 Å². The van der Waals surface area contributed by atoms with E-state index in [9.17, 15) is 0 Å². The van der Waals surface area contributed by atoms with Gasteiger partial charge in [0.1, 0.15) is 0 Å². The maximum Gasteiger partial charge on any atom is -0.00219 e. The summed E-state index contributed by atoms with van der Waals surface area (Å²) in [6.07, 6.45) is 4.07. The van der Waals surface area contributed by atoms with Crippen molar-refractivity contribution in [3.8, 4) is 0 Å². The van der Waals surface area contributed by atoms with Crippen LogP contribution in [0.5, 0.6) is 0 Å². The first kappa shape index (κ1) is 106. The maximum atomic E-state index is 2.36. The van der Waals surface area contributed by atoms with Crippen molar-refractivity contribution in [1.29, 1.82) is 0 Å². The van der Waals surface area contributed by atoms with Crippen LogP contribution < -0.4 is 0 Å². The second kappa shape index (κ2) is 91.1. The minimum atomic E-state index is 0. The van der Waals surface area contributed by atoms with Crippen LogP contribution in [0.3, 0.4) is 0 Å². The summed E-state index contributed by atoms with van der Waals surface area (Å²) in [6, 6.07) is 0. The Hall–Kier alpha value is 0.690. The molecule has 144 valence electrons. The SMILES string of the molecule is C.C.C.C.C.C.C.C.C.C.CCCCCN(C)CC.I. The average molecular weight is 418 g/mol. The van der Waals surface area contributed by atoms with Crippen molar-refractivity contribution in [3.63, 3.8) is 0 Å². The van der Waals surface area contributed by atoms with Crippen molar-refractivity contribution >= 4 is 24.0 Å². The molecule has 0 rings (SSSR count). The third-order valence-corrected chi connectivity index (χ3v) is 1.68. The van der Waals surface area contributed by atoms with Gasteiger partial charge >= 0.3 is 0 Å². The summed E-state index contributed by atoms with van der Waals surface area (Å²) in [4.78, 5) is 2.36. The average Bonchev–Trinajstić information content (AvgIpc) is 1.89. The molecule has 20 heavy (non-hydrogen) atoms. The highest BCUT2D eigenvalue weighted by molar-refractivity contribution is 14.0. The maximum absolute atomic E-state index is 2.36. The third kappa shape index (κ3) is 98.9. The number of hydrogen-bond acceptors (Lipinski definition) is 1. The van der Waals surface area contributed by atoms with Crippen molar-refractivity contribution in [3.05, 3.63) is 0 Å². The molecule has 0 fully saturated rings. The molecular weight excluding hydrogens is 357 g/mol. The molecule has 0 saturated carbocycles. The van der Waals surface area contributed by atoms with Gasteiger partial charge in [0.25, 0.3) is 0 Å². The molecule has 0 N–H and O–H groups in total. The second-order valence-electron chi connectivity index (χ2n) is 2.60. The minimum Gasteiger partial charge on any atom is -0.307 e. The predicted molar refractivity (Wildman–Crippen MR) is 125 cm³/mol. The number of unbranched alkanes of at least 4 members (excludes halogenated alkanes) is 2. The topological polar surface area (TPSA) is 3.24 Å². The Morgan fingerprint density at radius 1 is 0.600 bits per heavy atom. The van der Waals surface area contributed by atoms with Gasteiger partial charge in [-0.15, -0.1) is 24.0 Å². The normalized spacial score (nSPS) is 4.80. The summed E-state index contributed by atoms with van der Waals surface area (Å²) in [6.45, 7) is 6.89. The Bertz CT molecular complexity index is 59.4. The molecule has 0 amide bonds. The summed E-state index contributed by atoms with van der Waals surface area (Å²) in [7, 11) is 2.18. The molecule has 0 aromatic heterocycles. The zero-order valence-corrected chi connectivity index (χ0v) is 9.72. The van der Waals surface area contributed by atoms with Gasteiger partial charge < -0.3 is 4.90 Å². The molecule has 0 aromatic rings. The van der Waals surface area contributed by atoms with Crippen LogP contribution in [-0.4, -0.2) is 25.0 Å². The first-order valence-corrected chi connectivity index (χ1v) is 3.99. The van der Waals surface area contributed by atoms with Gasteiger partial charge in [-0.2, -0.15) is 0 Å². The number of rotatable bonds is 5. The molecular formula is C18H60IN. The van der Waals surface area contributed by atoms with Crippen molar-refractivity contribution < 1.29 is 0 Å². The van der Waals surface area contributed by atoms with Crippen molar-refractivity contribution in [2.24, 2.45) is 0 Å². The second-order valence-corrected chi connectivity index (χ2v) is 2.60. The number of hydrogen-bond donors (Lipinski definition) is 0. The van der Waals surface area contributed by atoms with E-state index in [1.807, 2.05) is 0 Å². The van der Waals surface area contributed by atoms with Gasteiger partial charge in [0, 0.05) is 0 Å². The highest BCUT2D eigenvalue weighted by Crippen LogP contribution is 1.94. The Morgan fingerprint density at radius 3 is 1.10 bits per heavy atom. The van der Waals surface area contributed by atoms with Crippen LogP contribution in [0.4, 0.5) is 0 Å². The third-order valence-electron chi connectivity index (χ3n) is 1.68. The summed E-state index contributed by atoms with van der Waals surface area (Å²) in [5.74, 6) is 0. The molecule has 0 atom stereocenters. The van der Waals surface area contributed by atoms with Gasteiger partial charge in [0.05, 0.1) is 0 Å². The lowest BCUT2D eigenvalue weighted by Crippen LogP contribution is -2.18. The quantitative estimate of drug-likeness (QED) is 0.318. The molecule has 0 aliphatic carbocycles. The zero-order valence-electron chi connectivity index (χ0n) is 7.39. The van der Waals surface area contributed by atoms with E-state index in [4.69, 9.17) is 0 Å². The van der Waals surface area contributed by atoms with Crippen molar-refractivity contribution in [2.45, 2.75) is 107 Å². The smallest absolute Gasteiger partial charge is 0.00219 e. The van der Waals surface area contributed by atoms with E-state index in [1.54, 1.807) is 0 Å². The van der Waals surface area contributed by atoms with Gasteiger partial charge in [-0.3, -0.25) is 0 Å². The monoisotopic (exact) mass is 417 g/mol. The van der Waals surface area contributed by atoms with Crippen LogP contribution in [0.2, 0.25) is 0 Å². The Morgan fingerprint density at radius 2 is 0.900 bits per heavy atom. The van der Waals surface area contributed by atoms with Gasteiger partial charge in [-0.05, 0) is 26.6 Å². The van der Waals surface area contributed by atoms with E-state index in [2.05, 4.69) is 25.8 Å². The summed E-state index contributed by atoms with van der Waals surface area (Å²) in [5.41, 5.74) is 0. The van der Waals surface area contributed by atoms with Crippen LogP contribution >= 0.6 is 24.0 Å². The molecule has 0 saturated heterocycles. The fourth-order valence-electron chi connectivity index (χ4n) is 0.790. The van der Waals surface area contributed by atoms with Crippen LogP contribution in [0.1, 0.15) is 107 Å². The fourth-order valence-corrected chi connectivity index (χ4v) is 0.790. The zero-order chi connectivity index (χ0) is 7.11. The Kier molecular flexibility index (Phi) is 484. The molecule has 2 heteroatoms. The van der Waals surface area contributed by atoms with E-state index in [1.165, 1.54) is 32.4 Å². The summed E-state index contributed by atoms with van der Waals surface area (Å²) < 4.78 is 0. The minimum absolute atomic E-state index is 0. The highest BCUT2D eigenvalue weighted by Gasteiger charge is 1.91. The van der Waals surface area contributed by atoms with Crippen LogP contribution in [0.15, 0.2) is 0 Å².